The zero-order chi connectivity index (χ0) is 16.0. The quantitative estimate of drug-likeness (QED) is 0.911. The Balaban J connectivity index is 1.61. The van der Waals surface area contributed by atoms with Crippen LogP contribution in [-0.4, -0.2) is 34.0 Å². The molecule has 2 N–H and O–H groups in total. The first kappa shape index (κ1) is 14.5. The molecular weight excluding hydrogens is 292 g/mol. The van der Waals surface area contributed by atoms with Gasteiger partial charge in [-0.3, -0.25) is 14.5 Å². The van der Waals surface area contributed by atoms with Crippen molar-refractivity contribution >= 4 is 16.9 Å². The minimum absolute atomic E-state index is 0.0786. The summed E-state index contributed by atoms with van der Waals surface area (Å²) >= 11 is 0. The van der Waals surface area contributed by atoms with E-state index in [1.807, 2.05) is 30.3 Å². The molecule has 120 valence electrons. The molecule has 2 fully saturated rings. The van der Waals surface area contributed by atoms with Crippen LogP contribution in [-0.2, 0) is 11.3 Å². The van der Waals surface area contributed by atoms with E-state index in [0.29, 0.717) is 18.7 Å². The Morgan fingerprint density at radius 2 is 2.22 bits per heavy atom. The summed E-state index contributed by atoms with van der Waals surface area (Å²) in [7, 11) is 0. The summed E-state index contributed by atoms with van der Waals surface area (Å²) in [6.07, 6.45) is 2.75. The number of hydrogen-bond donors (Lipinski definition) is 2. The first-order chi connectivity index (χ1) is 11.1. The van der Waals surface area contributed by atoms with Crippen LogP contribution in [0.1, 0.15) is 24.8 Å². The van der Waals surface area contributed by atoms with Gasteiger partial charge >= 0.3 is 5.97 Å². The van der Waals surface area contributed by atoms with Crippen LogP contribution in [0, 0.1) is 11.3 Å². The Kier molecular flexibility index (Phi) is 3.27. The molecule has 5 nitrogen and oxygen atoms in total. The highest BCUT2D eigenvalue weighted by molar-refractivity contribution is 5.78. The van der Waals surface area contributed by atoms with Gasteiger partial charge in [-0.05, 0) is 36.3 Å². The molecule has 1 saturated carbocycles. The summed E-state index contributed by atoms with van der Waals surface area (Å²) in [5.41, 5.74) is 0.875. The number of fused-ring (bicyclic) bond motifs is 2. The van der Waals surface area contributed by atoms with Crippen LogP contribution in [0.2, 0.25) is 0 Å². The van der Waals surface area contributed by atoms with Gasteiger partial charge in [-0.2, -0.15) is 0 Å². The first-order valence-corrected chi connectivity index (χ1v) is 8.15. The minimum atomic E-state index is -0.671. The van der Waals surface area contributed by atoms with Crippen molar-refractivity contribution in [2.24, 2.45) is 11.3 Å². The number of aliphatic carboxylic acids is 1. The van der Waals surface area contributed by atoms with Crippen molar-refractivity contribution in [2.75, 3.05) is 13.1 Å². The van der Waals surface area contributed by atoms with Gasteiger partial charge in [0.2, 0.25) is 0 Å². The lowest BCUT2D eigenvalue weighted by Gasteiger charge is -2.23. The third-order valence-corrected chi connectivity index (χ3v) is 5.59. The fraction of sp³-hybridized carbons (Fsp3) is 0.444. The lowest BCUT2D eigenvalue weighted by molar-refractivity contribution is -0.149. The summed E-state index contributed by atoms with van der Waals surface area (Å²) in [6, 6.07) is 9.64. The van der Waals surface area contributed by atoms with E-state index in [9.17, 15) is 14.7 Å². The van der Waals surface area contributed by atoms with Crippen molar-refractivity contribution in [3.05, 3.63) is 46.2 Å². The Labute approximate surface area is 133 Å². The minimum Gasteiger partial charge on any atom is -0.481 e. The number of para-hydroxylation sites is 1. The van der Waals surface area contributed by atoms with E-state index in [-0.39, 0.29) is 11.5 Å². The van der Waals surface area contributed by atoms with Crippen molar-refractivity contribution in [3.63, 3.8) is 0 Å². The lowest BCUT2D eigenvalue weighted by Crippen LogP contribution is -2.36. The second-order valence-electron chi connectivity index (χ2n) is 6.93. The highest BCUT2D eigenvalue weighted by Crippen LogP contribution is 2.49. The fourth-order valence-corrected chi connectivity index (χ4v) is 4.41. The number of carboxylic acids is 1. The number of benzene rings is 1. The van der Waals surface area contributed by atoms with E-state index in [2.05, 4.69) is 9.88 Å². The van der Waals surface area contributed by atoms with Crippen LogP contribution in [0.25, 0.3) is 10.9 Å². The van der Waals surface area contributed by atoms with Crippen molar-refractivity contribution < 1.29 is 9.90 Å². The molecule has 1 aromatic heterocycles. The zero-order valence-corrected chi connectivity index (χ0v) is 12.9. The zero-order valence-electron chi connectivity index (χ0n) is 12.9. The largest absolute Gasteiger partial charge is 0.481 e. The molecule has 0 spiro atoms. The summed E-state index contributed by atoms with van der Waals surface area (Å²) in [5.74, 6) is -0.450. The van der Waals surface area contributed by atoms with Gasteiger partial charge in [0.1, 0.15) is 0 Å². The average Bonchev–Trinajstić information content (AvgIpc) is 3.06. The van der Waals surface area contributed by atoms with E-state index in [0.717, 1.165) is 36.7 Å². The standard InChI is InChI=1S/C18H20N2O3/c21-16-13(8-12-4-1-2-6-15(12)19-16)9-20-10-14-5-3-7-18(14,11-20)17(22)23/h1-2,4,6,8,14H,3,5,7,9-11H2,(H,19,21)(H,22,23)/t14-,18+/m0/s1. The van der Waals surface area contributed by atoms with Crippen LogP contribution in [0.5, 0.6) is 0 Å². The molecule has 1 aromatic carbocycles. The van der Waals surface area contributed by atoms with E-state index in [1.165, 1.54) is 0 Å². The van der Waals surface area contributed by atoms with Gasteiger partial charge in [0.15, 0.2) is 0 Å². The second-order valence-corrected chi connectivity index (χ2v) is 6.93. The van der Waals surface area contributed by atoms with E-state index < -0.39 is 11.4 Å². The number of carboxylic acid groups (broad SMARTS) is 1. The van der Waals surface area contributed by atoms with Crippen LogP contribution in [0.3, 0.4) is 0 Å². The van der Waals surface area contributed by atoms with E-state index in [1.54, 1.807) is 0 Å². The Morgan fingerprint density at radius 3 is 3.00 bits per heavy atom. The monoisotopic (exact) mass is 312 g/mol. The van der Waals surface area contributed by atoms with Gasteiger partial charge in [-0.25, -0.2) is 0 Å². The van der Waals surface area contributed by atoms with Crippen LogP contribution >= 0.6 is 0 Å². The normalized spacial score (nSPS) is 27.4. The van der Waals surface area contributed by atoms with Crippen LogP contribution < -0.4 is 5.56 Å². The number of aromatic amines is 1. The molecule has 23 heavy (non-hydrogen) atoms. The van der Waals surface area contributed by atoms with Crippen molar-refractivity contribution in [1.29, 1.82) is 0 Å². The number of hydrogen-bond acceptors (Lipinski definition) is 3. The SMILES string of the molecule is O=C(O)[C@@]12CCC[C@H]1CN(Cc1cc3ccccc3[nH]c1=O)C2. The van der Waals surface area contributed by atoms with Crippen molar-refractivity contribution in [1.82, 2.24) is 9.88 Å². The van der Waals surface area contributed by atoms with E-state index >= 15 is 0 Å². The van der Waals surface area contributed by atoms with Crippen molar-refractivity contribution in [2.45, 2.75) is 25.8 Å². The molecule has 2 aromatic rings. The summed E-state index contributed by atoms with van der Waals surface area (Å²) in [5, 5.41) is 10.7. The molecular formula is C18H20N2O3. The molecule has 0 radical (unpaired) electrons. The fourth-order valence-electron chi connectivity index (χ4n) is 4.41. The maximum atomic E-state index is 12.3. The molecule has 2 atom stereocenters. The van der Waals surface area contributed by atoms with Crippen LogP contribution in [0.15, 0.2) is 35.1 Å². The summed E-state index contributed by atoms with van der Waals surface area (Å²) < 4.78 is 0. The van der Waals surface area contributed by atoms with Gasteiger partial charge in [0.05, 0.1) is 5.41 Å². The smallest absolute Gasteiger partial charge is 0.311 e. The molecule has 0 bridgehead atoms. The molecule has 0 amide bonds. The number of carbonyl (C=O) groups is 1. The third kappa shape index (κ3) is 2.27. The molecule has 0 unspecified atom stereocenters. The number of pyridine rings is 1. The Morgan fingerprint density at radius 1 is 1.39 bits per heavy atom. The van der Waals surface area contributed by atoms with Crippen molar-refractivity contribution in [3.8, 4) is 0 Å². The Hall–Kier alpha value is -2.14. The number of nitrogens with one attached hydrogen (secondary N) is 1. The number of likely N-dealkylation sites (tertiary alicyclic amines) is 1. The predicted molar refractivity (Wildman–Crippen MR) is 87.3 cm³/mol. The van der Waals surface area contributed by atoms with Gasteiger partial charge in [-0.1, -0.05) is 24.6 Å². The molecule has 1 saturated heterocycles. The molecule has 2 heterocycles. The Bertz CT molecular complexity index is 828. The van der Waals surface area contributed by atoms with Crippen LogP contribution in [0.4, 0.5) is 0 Å². The predicted octanol–water partition coefficient (Wildman–Crippen LogP) is 2.21. The number of H-pyrrole nitrogens is 1. The second kappa shape index (κ2) is 5.20. The van der Waals surface area contributed by atoms with Gasteiger partial charge < -0.3 is 10.1 Å². The molecule has 4 rings (SSSR count). The number of rotatable bonds is 3. The maximum absolute atomic E-state index is 12.3. The van der Waals surface area contributed by atoms with Gasteiger partial charge in [0.25, 0.3) is 5.56 Å². The lowest BCUT2D eigenvalue weighted by atomic mass is 9.81. The average molecular weight is 312 g/mol. The molecule has 1 aliphatic carbocycles. The highest BCUT2D eigenvalue weighted by atomic mass is 16.4. The van der Waals surface area contributed by atoms with E-state index in [4.69, 9.17) is 0 Å². The number of aromatic nitrogens is 1. The summed E-state index contributed by atoms with van der Waals surface area (Å²) in [6.45, 7) is 1.85. The molecule has 5 heteroatoms. The van der Waals surface area contributed by atoms with Gasteiger partial charge in [0, 0.05) is 30.7 Å². The third-order valence-electron chi connectivity index (χ3n) is 5.59. The maximum Gasteiger partial charge on any atom is 0.311 e. The highest BCUT2D eigenvalue weighted by Gasteiger charge is 2.54. The topological polar surface area (TPSA) is 73.4 Å². The first-order valence-electron chi connectivity index (χ1n) is 8.15. The molecule has 2 aliphatic rings. The molecule has 1 aliphatic heterocycles. The number of nitrogens with zero attached hydrogens (tertiary/aromatic N) is 1. The van der Waals surface area contributed by atoms with Gasteiger partial charge in [-0.15, -0.1) is 0 Å². The summed E-state index contributed by atoms with van der Waals surface area (Å²) in [4.78, 5) is 29.1.